The molecule has 0 aliphatic carbocycles. The van der Waals surface area contributed by atoms with E-state index in [9.17, 15) is 4.39 Å². The summed E-state index contributed by atoms with van der Waals surface area (Å²) in [7, 11) is 0. The lowest BCUT2D eigenvalue weighted by Crippen LogP contribution is -2.18. The van der Waals surface area contributed by atoms with E-state index < -0.39 is 0 Å². The standard InChI is InChI=1S/C17H20FNO/c1-3-20-17-7-5-4-6-16(17)19-13(2)12-14-8-10-15(18)11-9-14/h4-11,13,19H,3,12H2,1-2H3. The summed E-state index contributed by atoms with van der Waals surface area (Å²) < 4.78 is 18.5. The number of benzene rings is 2. The number of hydrogen-bond donors (Lipinski definition) is 1. The van der Waals surface area contributed by atoms with Gasteiger partial charge < -0.3 is 10.1 Å². The van der Waals surface area contributed by atoms with Gasteiger partial charge in [0.2, 0.25) is 0 Å². The fourth-order valence-electron chi connectivity index (χ4n) is 2.16. The van der Waals surface area contributed by atoms with Crippen molar-refractivity contribution in [3.63, 3.8) is 0 Å². The summed E-state index contributed by atoms with van der Waals surface area (Å²) in [6.45, 7) is 4.72. The molecule has 0 saturated carbocycles. The Labute approximate surface area is 119 Å². The quantitative estimate of drug-likeness (QED) is 0.848. The molecule has 0 aliphatic heterocycles. The minimum atomic E-state index is -0.198. The van der Waals surface area contributed by atoms with Crippen LogP contribution in [0.2, 0.25) is 0 Å². The van der Waals surface area contributed by atoms with Crippen molar-refractivity contribution in [3.8, 4) is 5.75 Å². The molecule has 3 heteroatoms. The third kappa shape index (κ3) is 3.98. The molecule has 1 atom stereocenters. The molecule has 2 aromatic carbocycles. The first-order valence-electron chi connectivity index (χ1n) is 6.92. The summed E-state index contributed by atoms with van der Waals surface area (Å²) in [5.74, 6) is 0.664. The summed E-state index contributed by atoms with van der Waals surface area (Å²) in [6.07, 6.45) is 0.834. The minimum Gasteiger partial charge on any atom is -0.492 e. The predicted octanol–water partition coefficient (Wildman–Crippen LogP) is 4.27. The monoisotopic (exact) mass is 273 g/mol. The second-order valence-corrected chi connectivity index (χ2v) is 4.81. The molecule has 0 fully saturated rings. The molecule has 0 aliphatic rings. The van der Waals surface area contributed by atoms with Crippen LogP contribution in [0.25, 0.3) is 0 Å². The fourth-order valence-corrected chi connectivity index (χ4v) is 2.16. The third-order valence-electron chi connectivity index (χ3n) is 3.04. The number of para-hydroxylation sites is 2. The molecular formula is C17H20FNO. The highest BCUT2D eigenvalue weighted by molar-refractivity contribution is 5.56. The van der Waals surface area contributed by atoms with E-state index in [1.165, 1.54) is 12.1 Å². The molecule has 1 unspecified atom stereocenters. The van der Waals surface area contributed by atoms with E-state index in [-0.39, 0.29) is 11.9 Å². The summed E-state index contributed by atoms with van der Waals surface area (Å²) in [6, 6.07) is 14.8. The van der Waals surface area contributed by atoms with E-state index >= 15 is 0 Å². The molecule has 20 heavy (non-hydrogen) atoms. The van der Waals surface area contributed by atoms with Gasteiger partial charge in [0.25, 0.3) is 0 Å². The van der Waals surface area contributed by atoms with Crippen molar-refractivity contribution in [2.24, 2.45) is 0 Å². The summed E-state index contributed by atoms with van der Waals surface area (Å²) in [5.41, 5.74) is 2.10. The number of halogens is 1. The van der Waals surface area contributed by atoms with Gasteiger partial charge in [0.1, 0.15) is 11.6 Å². The van der Waals surface area contributed by atoms with Crippen LogP contribution < -0.4 is 10.1 Å². The SMILES string of the molecule is CCOc1ccccc1NC(C)Cc1ccc(F)cc1. The van der Waals surface area contributed by atoms with Crippen molar-refractivity contribution in [2.45, 2.75) is 26.3 Å². The first kappa shape index (κ1) is 14.4. The smallest absolute Gasteiger partial charge is 0.142 e. The molecule has 0 radical (unpaired) electrons. The highest BCUT2D eigenvalue weighted by Crippen LogP contribution is 2.24. The van der Waals surface area contributed by atoms with Gasteiger partial charge in [-0.05, 0) is 50.1 Å². The van der Waals surface area contributed by atoms with Gasteiger partial charge in [0.15, 0.2) is 0 Å². The van der Waals surface area contributed by atoms with E-state index in [2.05, 4.69) is 12.2 Å². The van der Waals surface area contributed by atoms with Gasteiger partial charge in [-0.3, -0.25) is 0 Å². The van der Waals surface area contributed by atoms with E-state index in [0.29, 0.717) is 6.61 Å². The van der Waals surface area contributed by atoms with Gasteiger partial charge in [-0.1, -0.05) is 24.3 Å². The molecule has 2 rings (SSSR count). The molecular weight excluding hydrogens is 253 g/mol. The third-order valence-corrected chi connectivity index (χ3v) is 3.04. The number of rotatable bonds is 6. The summed E-state index contributed by atoms with van der Waals surface area (Å²) >= 11 is 0. The van der Waals surface area contributed by atoms with Gasteiger partial charge >= 0.3 is 0 Å². The van der Waals surface area contributed by atoms with Gasteiger partial charge in [-0.15, -0.1) is 0 Å². The van der Waals surface area contributed by atoms with E-state index in [4.69, 9.17) is 4.74 Å². The molecule has 0 amide bonds. The molecule has 0 aromatic heterocycles. The highest BCUT2D eigenvalue weighted by atomic mass is 19.1. The second kappa shape index (κ2) is 6.94. The number of ether oxygens (including phenoxy) is 1. The average molecular weight is 273 g/mol. The molecule has 2 nitrogen and oxygen atoms in total. The molecule has 0 saturated heterocycles. The maximum Gasteiger partial charge on any atom is 0.142 e. The molecule has 0 spiro atoms. The number of anilines is 1. The largest absolute Gasteiger partial charge is 0.492 e. The molecule has 0 heterocycles. The first-order valence-corrected chi connectivity index (χ1v) is 6.92. The normalized spacial score (nSPS) is 11.9. The van der Waals surface area contributed by atoms with E-state index in [0.717, 1.165) is 23.4 Å². The lowest BCUT2D eigenvalue weighted by atomic mass is 10.1. The zero-order valence-corrected chi connectivity index (χ0v) is 11.9. The summed E-state index contributed by atoms with van der Waals surface area (Å²) in [4.78, 5) is 0. The topological polar surface area (TPSA) is 21.3 Å². The molecule has 2 aromatic rings. The van der Waals surface area contributed by atoms with Crippen LogP contribution in [0.4, 0.5) is 10.1 Å². The van der Waals surface area contributed by atoms with E-state index in [1.807, 2.05) is 43.3 Å². The Bertz CT molecular complexity index is 539. The Morgan fingerprint density at radius 2 is 1.80 bits per heavy atom. The molecule has 0 bridgehead atoms. The van der Waals surface area contributed by atoms with Gasteiger partial charge in [-0.2, -0.15) is 0 Å². The van der Waals surface area contributed by atoms with Gasteiger partial charge in [0.05, 0.1) is 12.3 Å². The van der Waals surface area contributed by atoms with Gasteiger partial charge in [-0.25, -0.2) is 4.39 Å². The van der Waals surface area contributed by atoms with E-state index in [1.54, 1.807) is 0 Å². The van der Waals surface area contributed by atoms with Crippen LogP contribution in [-0.4, -0.2) is 12.6 Å². The lowest BCUT2D eigenvalue weighted by molar-refractivity contribution is 0.341. The van der Waals surface area contributed by atoms with Crippen LogP contribution >= 0.6 is 0 Å². The zero-order chi connectivity index (χ0) is 14.4. The lowest BCUT2D eigenvalue weighted by Gasteiger charge is -2.18. The maximum absolute atomic E-state index is 12.9. The number of nitrogens with one attached hydrogen (secondary N) is 1. The Hall–Kier alpha value is -2.03. The second-order valence-electron chi connectivity index (χ2n) is 4.81. The first-order chi connectivity index (χ1) is 9.69. The van der Waals surface area contributed by atoms with Crippen molar-refractivity contribution < 1.29 is 9.13 Å². The Morgan fingerprint density at radius 1 is 1.10 bits per heavy atom. The zero-order valence-electron chi connectivity index (χ0n) is 11.9. The average Bonchev–Trinajstić information content (AvgIpc) is 2.44. The molecule has 106 valence electrons. The van der Waals surface area contributed by atoms with Crippen LogP contribution in [0.3, 0.4) is 0 Å². The molecule has 1 N–H and O–H groups in total. The van der Waals surface area contributed by atoms with Crippen molar-refractivity contribution in [2.75, 3.05) is 11.9 Å². The Morgan fingerprint density at radius 3 is 2.50 bits per heavy atom. The van der Waals surface area contributed by atoms with Crippen LogP contribution in [0, 0.1) is 5.82 Å². The fraction of sp³-hybridized carbons (Fsp3) is 0.294. The van der Waals surface area contributed by atoms with Gasteiger partial charge in [0, 0.05) is 6.04 Å². The summed E-state index contributed by atoms with van der Waals surface area (Å²) in [5, 5.41) is 3.44. The van der Waals surface area contributed by atoms with Crippen LogP contribution in [-0.2, 0) is 6.42 Å². The van der Waals surface area contributed by atoms with Crippen molar-refractivity contribution in [1.29, 1.82) is 0 Å². The minimum absolute atomic E-state index is 0.198. The maximum atomic E-state index is 12.9. The van der Waals surface area contributed by atoms with Crippen LogP contribution in [0.5, 0.6) is 5.75 Å². The Kier molecular flexibility index (Phi) is 4.99. The van der Waals surface area contributed by atoms with Crippen molar-refractivity contribution in [1.82, 2.24) is 0 Å². The highest BCUT2D eigenvalue weighted by Gasteiger charge is 2.07. The van der Waals surface area contributed by atoms with Crippen LogP contribution in [0.15, 0.2) is 48.5 Å². The number of hydrogen-bond acceptors (Lipinski definition) is 2. The predicted molar refractivity (Wildman–Crippen MR) is 80.8 cm³/mol. The Balaban J connectivity index is 2.00. The van der Waals surface area contributed by atoms with Crippen molar-refractivity contribution in [3.05, 3.63) is 59.9 Å². The van der Waals surface area contributed by atoms with Crippen LogP contribution in [0.1, 0.15) is 19.4 Å². The van der Waals surface area contributed by atoms with Crippen molar-refractivity contribution >= 4 is 5.69 Å².